The highest BCUT2D eigenvalue weighted by atomic mass is 16.5. The summed E-state index contributed by atoms with van der Waals surface area (Å²) >= 11 is 0. The predicted molar refractivity (Wildman–Crippen MR) is 92.4 cm³/mol. The second-order valence-corrected chi connectivity index (χ2v) is 5.37. The van der Waals surface area contributed by atoms with Crippen molar-refractivity contribution in [2.45, 2.75) is 5.92 Å². The summed E-state index contributed by atoms with van der Waals surface area (Å²) in [5.74, 6) is 0.0943. The molecular formula is C20H19NO2. The molecule has 2 aromatic carbocycles. The van der Waals surface area contributed by atoms with Crippen LogP contribution in [0.5, 0.6) is 0 Å². The topological polar surface area (TPSA) is 38.3 Å². The lowest BCUT2D eigenvalue weighted by atomic mass is 9.98. The number of ether oxygens (including phenoxy) is 1. The first kappa shape index (κ1) is 15.1. The van der Waals surface area contributed by atoms with Gasteiger partial charge in [-0.15, -0.1) is 0 Å². The van der Waals surface area contributed by atoms with Crippen LogP contribution in [0.2, 0.25) is 0 Å². The van der Waals surface area contributed by atoms with Crippen LogP contribution in [0.15, 0.2) is 73.3 Å². The SMILES string of the molecule is C=C/C=C/CNC(=O)OCC1c2ccccc2-c2ccccc21. The molecule has 0 aromatic heterocycles. The molecule has 3 rings (SSSR count). The average Bonchev–Trinajstić information content (AvgIpc) is 2.91. The van der Waals surface area contributed by atoms with E-state index in [0.717, 1.165) is 0 Å². The summed E-state index contributed by atoms with van der Waals surface area (Å²) in [6.45, 7) is 4.35. The van der Waals surface area contributed by atoms with Crippen LogP contribution < -0.4 is 5.32 Å². The zero-order valence-corrected chi connectivity index (χ0v) is 12.9. The first-order valence-corrected chi connectivity index (χ1v) is 7.67. The largest absolute Gasteiger partial charge is 0.449 e. The molecule has 0 saturated carbocycles. The molecule has 2 aromatic rings. The van der Waals surface area contributed by atoms with Gasteiger partial charge in [-0.3, -0.25) is 0 Å². The molecule has 3 nitrogen and oxygen atoms in total. The molecule has 1 amide bonds. The van der Waals surface area contributed by atoms with Gasteiger partial charge in [0.1, 0.15) is 6.61 Å². The van der Waals surface area contributed by atoms with Crippen LogP contribution in [-0.2, 0) is 4.74 Å². The molecular weight excluding hydrogens is 286 g/mol. The Bertz CT molecular complexity index is 703. The Morgan fingerprint density at radius 3 is 2.30 bits per heavy atom. The van der Waals surface area contributed by atoms with Gasteiger partial charge in [-0.05, 0) is 22.3 Å². The van der Waals surface area contributed by atoms with Gasteiger partial charge in [-0.2, -0.15) is 0 Å². The number of allylic oxidation sites excluding steroid dienone is 2. The Morgan fingerprint density at radius 1 is 1.09 bits per heavy atom. The molecule has 0 bridgehead atoms. The fourth-order valence-electron chi connectivity index (χ4n) is 2.96. The minimum absolute atomic E-state index is 0.0943. The third kappa shape index (κ3) is 3.19. The number of amides is 1. The van der Waals surface area contributed by atoms with Gasteiger partial charge in [-0.25, -0.2) is 4.79 Å². The van der Waals surface area contributed by atoms with E-state index in [2.05, 4.69) is 36.2 Å². The van der Waals surface area contributed by atoms with Crippen LogP contribution in [0.1, 0.15) is 17.0 Å². The molecule has 3 heteroatoms. The van der Waals surface area contributed by atoms with Crippen LogP contribution >= 0.6 is 0 Å². The van der Waals surface area contributed by atoms with E-state index in [1.807, 2.05) is 30.3 Å². The smallest absolute Gasteiger partial charge is 0.407 e. The summed E-state index contributed by atoms with van der Waals surface area (Å²) in [5, 5.41) is 2.69. The molecule has 0 spiro atoms. The lowest BCUT2D eigenvalue weighted by Gasteiger charge is -2.14. The van der Waals surface area contributed by atoms with E-state index < -0.39 is 6.09 Å². The molecule has 0 unspecified atom stereocenters. The number of fused-ring (bicyclic) bond motifs is 3. The maximum atomic E-state index is 11.8. The van der Waals surface area contributed by atoms with E-state index in [0.29, 0.717) is 13.2 Å². The predicted octanol–water partition coefficient (Wildman–Crippen LogP) is 4.27. The lowest BCUT2D eigenvalue weighted by Crippen LogP contribution is -2.26. The maximum absolute atomic E-state index is 11.8. The summed E-state index contributed by atoms with van der Waals surface area (Å²) in [7, 11) is 0. The van der Waals surface area contributed by atoms with Crippen molar-refractivity contribution in [3.63, 3.8) is 0 Å². The van der Waals surface area contributed by atoms with Crippen LogP contribution in [0.25, 0.3) is 11.1 Å². The Hall–Kier alpha value is -2.81. The Morgan fingerprint density at radius 2 is 1.70 bits per heavy atom. The van der Waals surface area contributed by atoms with Gasteiger partial charge in [0.25, 0.3) is 0 Å². The maximum Gasteiger partial charge on any atom is 0.407 e. The first-order valence-electron chi connectivity index (χ1n) is 7.67. The molecule has 1 aliphatic carbocycles. The molecule has 0 radical (unpaired) electrons. The summed E-state index contributed by atoms with van der Waals surface area (Å²) in [5.41, 5.74) is 4.89. The van der Waals surface area contributed by atoms with Crippen LogP contribution in [-0.4, -0.2) is 19.2 Å². The molecule has 0 atom stereocenters. The summed E-state index contributed by atoms with van der Waals surface area (Å²) in [6, 6.07) is 16.6. The zero-order chi connectivity index (χ0) is 16.1. The van der Waals surface area contributed by atoms with E-state index in [9.17, 15) is 4.79 Å². The van der Waals surface area contributed by atoms with Gasteiger partial charge in [-0.1, -0.05) is 73.3 Å². The number of nitrogens with one attached hydrogen (secondary N) is 1. The fourth-order valence-corrected chi connectivity index (χ4v) is 2.96. The lowest BCUT2D eigenvalue weighted by molar-refractivity contribution is 0.144. The average molecular weight is 305 g/mol. The molecule has 1 aliphatic rings. The van der Waals surface area contributed by atoms with E-state index in [1.54, 1.807) is 12.2 Å². The normalized spacial score (nSPS) is 12.7. The number of rotatable bonds is 5. The van der Waals surface area contributed by atoms with Crippen LogP contribution in [0.3, 0.4) is 0 Å². The van der Waals surface area contributed by atoms with Crippen molar-refractivity contribution in [2.24, 2.45) is 0 Å². The van der Waals surface area contributed by atoms with E-state index >= 15 is 0 Å². The molecule has 23 heavy (non-hydrogen) atoms. The van der Waals surface area contributed by atoms with Gasteiger partial charge in [0.15, 0.2) is 0 Å². The number of carbonyl (C=O) groups excluding carboxylic acids is 1. The minimum atomic E-state index is -0.402. The zero-order valence-electron chi connectivity index (χ0n) is 12.9. The van der Waals surface area contributed by atoms with Crippen molar-refractivity contribution < 1.29 is 9.53 Å². The molecule has 0 heterocycles. The van der Waals surface area contributed by atoms with Crippen molar-refractivity contribution in [3.05, 3.63) is 84.5 Å². The third-order valence-electron chi connectivity index (χ3n) is 3.98. The number of alkyl carbamates (subject to hydrolysis) is 1. The Labute approximate surface area is 136 Å². The fraction of sp³-hybridized carbons (Fsp3) is 0.150. The van der Waals surface area contributed by atoms with Crippen molar-refractivity contribution >= 4 is 6.09 Å². The molecule has 116 valence electrons. The van der Waals surface area contributed by atoms with Gasteiger partial charge >= 0.3 is 6.09 Å². The van der Waals surface area contributed by atoms with Crippen LogP contribution in [0.4, 0.5) is 4.79 Å². The quantitative estimate of drug-likeness (QED) is 0.838. The van der Waals surface area contributed by atoms with Crippen LogP contribution in [0, 0.1) is 0 Å². The highest BCUT2D eigenvalue weighted by Gasteiger charge is 2.28. The first-order chi connectivity index (χ1) is 11.3. The summed E-state index contributed by atoms with van der Waals surface area (Å²) < 4.78 is 5.41. The molecule has 1 N–H and O–H groups in total. The summed E-state index contributed by atoms with van der Waals surface area (Å²) in [6.07, 6.45) is 4.86. The number of hydrogen-bond donors (Lipinski definition) is 1. The third-order valence-corrected chi connectivity index (χ3v) is 3.98. The van der Waals surface area contributed by atoms with Gasteiger partial charge in [0.2, 0.25) is 0 Å². The number of benzene rings is 2. The second kappa shape index (κ2) is 6.97. The van der Waals surface area contributed by atoms with E-state index in [4.69, 9.17) is 4.74 Å². The van der Waals surface area contributed by atoms with Crippen molar-refractivity contribution in [1.29, 1.82) is 0 Å². The van der Waals surface area contributed by atoms with Crippen molar-refractivity contribution in [3.8, 4) is 11.1 Å². The van der Waals surface area contributed by atoms with Crippen molar-refractivity contribution in [2.75, 3.05) is 13.2 Å². The summed E-state index contributed by atoms with van der Waals surface area (Å²) in [4.78, 5) is 11.8. The van der Waals surface area contributed by atoms with Gasteiger partial charge in [0, 0.05) is 12.5 Å². The highest BCUT2D eigenvalue weighted by molar-refractivity contribution is 5.79. The number of hydrogen-bond acceptors (Lipinski definition) is 2. The monoisotopic (exact) mass is 305 g/mol. The van der Waals surface area contributed by atoms with E-state index in [1.165, 1.54) is 22.3 Å². The molecule has 0 saturated heterocycles. The number of carbonyl (C=O) groups is 1. The Kier molecular flexibility index (Phi) is 4.57. The molecule has 0 fully saturated rings. The Balaban J connectivity index is 1.70. The minimum Gasteiger partial charge on any atom is -0.449 e. The van der Waals surface area contributed by atoms with E-state index in [-0.39, 0.29) is 5.92 Å². The molecule has 0 aliphatic heterocycles. The standard InChI is InChI=1S/C20H19NO2/c1-2-3-8-13-21-20(22)23-14-19-17-11-6-4-9-15(17)16-10-5-7-12-18(16)19/h2-12,19H,1,13-14H2,(H,21,22)/b8-3+. The highest BCUT2D eigenvalue weighted by Crippen LogP contribution is 2.44. The second-order valence-electron chi connectivity index (χ2n) is 5.37. The van der Waals surface area contributed by atoms with Gasteiger partial charge in [0.05, 0.1) is 0 Å². The van der Waals surface area contributed by atoms with Crippen molar-refractivity contribution in [1.82, 2.24) is 5.32 Å². The van der Waals surface area contributed by atoms with Gasteiger partial charge < -0.3 is 10.1 Å².